The molecular formula is C10H14O. The van der Waals surface area contributed by atoms with Gasteiger partial charge in [0.1, 0.15) is 5.78 Å². The number of ketones is 1. The fraction of sp³-hybridized carbons (Fsp3) is 0.900. The molecule has 4 bridgehead atoms. The number of Topliss-reactive ketones (excluding diaryl/α,β-unsaturated/α-hetero) is 1. The van der Waals surface area contributed by atoms with Crippen molar-refractivity contribution in [2.45, 2.75) is 32.1 Å². The molecule has 5 rings (SSSR count). The lowest BCUT2D eigenvalue weighted by atomic mass is 9.53. The summed E-state index contributed by atoms with van der Waals surface area (Å²) in [5.41, 5.74) is 0. The van der Waals surface area contributed by atoms with E-state index in [9.17, 15) is 4.79 Å². The average Bonchev–Trinajstić information content (AvgIpc) is 2.05. The van der Waals surface area contributed by atoms with E-state index in [1.165, 1.54) is 25.7 Å². The van der Waals surface area contributed by atoms with E-state index in [1.54, 1.807) is 0 Å². The highest BCUT2D eigenvalue weighted by atomic mass is 16.1. The molecule has 0 heterocycles. The van der Waals surface area contributed by atoms with Crippen molar-refractivity contribution in [1.29, 1.82) is 0 Å². The minimum absolute atomic E-state index is 0.513. The maximum atomic E-state index is 11.4. The SMILES string of the molecule is O=C1CC2C[C@H]3CC[C@@H]2C[C@@H]13. The molecule has 0 radical (unpaired) electrons. The van der Waals surface area contributed by atoms with Crippen LogP contribution in [-0.4, -0.2) is 5.78 Å². The van der Waals surface area contributed by atoms with Gasteiger partial charge in [0.25, 0.3) is 0 Å². The van der Waals surface area contributed by atoms with Gasteiger partial charge in [0.15, 0.2) is 0 Å². The first-order valence-corrected chi connectivity index (χ1v) is 4.87. The van der Waals surface area contributed by atoms with Crippen LogP contribution in [-0.2, 0) is 4.79 Å². The quantitative estimate of drug-likeness (QED) is 0.516. The monoisotopic (exact) mass is 150 g/mol. The van der Waals surface area contributed by atoms with E-state index >= 15 is 0 Å². The normalized spacial score (nSPS) is 53.6. The van der Waals surface area contributed by atoms with Crippen molar-refractivity contribution in [2.24, 2.45) is 23.7 Å². The zero-order chi connectivity index (χ0) is 7.42. The second-order valence-electron chi connectivity index (χ2n) is 4.61. The molecule has 0 aromatic carbocycles. The van der Waals surface area contributed by atoms with Crippen molar-refractivity contribution in [3.63, 3.8) is 0 Å². The molecule has 0 N–H and O–H groups in total. The van der Waals surface area contributed by atoms with E-state index < -0.39 is 0 Å². The molecule has 1 nitrogen and oxygen atoms in total. The molecule has 5 aliphatic carbocycles. The first-order chi connectivity index (χ1) is 5.34. The number of hydrogen-bond donors (Lipinski definition) is 0. The Balaban J connectivity index is 1.99. The predicted octanol–water partition coefficient (Wildman–Crippen LogP) is 2.01. The van der Waals surface area contributed by atoms with Crippen LogP contribution in [0, 0.1) is 23.7 Å². The Morgan fingerprint density at radius 3 is 2.36 bits per heavy atom. The van der Waals surface area contributed by atoms with Gasteiger partial charge in [-0.05, 0) is 43.4 Å². The first kappa shape index (κ1) is 6.22. The van der Waals surface area contributed by atoms with Crippen molar-refractivity contribution < 1.29 is 4.79 Å². The Hall–Kier alpha value is -0.330. The molecule has 11 heavy (non-hydrogen) atoms. The second kappa shape index (κ2) is 1.88. The second-order valence-corrected chi connectivity index (χ2v) is 4.61. The molecule has 4 atom stereocenters. The van der Waals surface area contributed by atoms with Crippen molar-refractivity contribution in [1.82, 2.24) is 0 Å². The summed E-state index contributed by atoms with van der Waals surface area (Å²) in [5.74, 6) is 3.68. The van der Waals surface area contributed by atoms with Crippen LogP contribution in [0.15, 0.2) is 0 Å². The van der Waals surface area contributed by atoms with E-state index in [2.05, 4.69) is 0 Å². The van der Waals surface area contributed by atoms with Gasteiger partial charge in [-0.3, -0.25) is 4.79 Å². The third-order valence-corrected chi connectivity index (χ3v) is 4.18. The van der Waals surface area contributed by atoms with Crippen molar-refractivity contribution in [3.05, 3.63) is 0 Å². The van der Waals surface area contributed by atoms with Crippen molar-refractivity contribution >= 4 is 5.78 Å². The highest BCUT2D eigenvalue weighted by Crippen LogP contribution is 2.54. The Bertz CT molecular complexity index is 209. The van der Waals surface area contributed by atoms with Crippen LogP contribution in [0.25, 0.3) is 0 Å². The highest BCUT2D eigenvalue weighted by Gasteiger charge is 2.49. The highest BCUT2D eigenvalue weighted by molar-refractivity contribution is 5.83. The summed E-state index contributed by atoms with van der Waals surface area (Å²) >= 11 is 0. The maximum absolute atomic E-state index is 11.4. The van der Waals surface area contributed by atoms with Gasteiger partial charge in [-0.15, -0.1) is 0 Å². The number of carbonyl (C=O) groups is 1. The molecule has 0 aliphatic heterocycles. The Morgan fingerprint density at radius 2 is 1.82 bits per heavy atom. The molecule has 1 unspecified atom stereocenters. The summed E-state index contributed by atoms with van der Waals surface area (Å²) in [5, 5.41) is 0. The van der Waals surface area contributed by atoms with E-state index in [0.29, 0.717) is 11.7 Å². The van der Waals surface area contributed by atoms with Crippen LogP contribution >= 0.6 is 0 Å². The lowest BCUT2D eigenvalue weighted by Crippen LogP contribution is -2.47. The zero-order valence-corrected chi connectivity index (χ0v) is 6.75. The van der Waals surface area contributed by atoms with Gasteiger partial charge in [0.2, 0.25) is 0 Å². The van der Waals surface area contributed by atoms with Gasteiger partial charge in [-0.1, -0.05) is 0 Å². The summed E-state index contributed by atoms with van der Waals surface area (Å²) in [6.45, 7) is 0. The fourth-order valence-corrected chi connectivity index (χ4v) is 3.61. The lowest BCUT2D eigenvalue weighted by Gasteiger charge is -2.51. The number of hydrogen-bond acceptors (Lipinski definition) is 1. The van der Waals surface area contributed by atoms with Gasteiger partial charge < -0.3 is 0 Å². The van der Waals surface area contributed by atoms with Crippen molar-refractivity contribution in [3.8, 4) is 0 Å². The smallest absolute Gasteiger partial charge is 0.136 e. The fourth-order valence-electron chi connectivity index (χ4n) is 3.61. The Kier molecular flexibility index (Phi) is 1.06. The van der Waals surface area contributed by atoms with Gasteiger partial charge >= 0.3 is 0 Å². The molecular weight excluding hydrogens is 136 g/mol. The first-order valence-electron chi connectivity index (χ1n) is 4.87. The van der Waals surface area contributed by atoms with Crippen molar-refractivity contribution in [2.75, 3.05) is 0 Å². The van der Waals surface area contributed by atoms with E-state index in [1.807, 2.05) is 0 Å². The molecule has 0 saturated heterocycles. The maximum Gasteiger partial charge on any atom is 0.136 e. The van der Waals surface area contributed by atoms with E-state index in [4.69, 9.17) is 0 Å². The summed E-state index contributed by atoms with van der Waals surface area (Å²) < 4.78 is 0. The summed E-state index contributed by atoms with van der Waals surface area (Å²) in [7, 11) is 0. The number of carbonyl (C=O) groups excluding carboxylic acids is 1. The predicted molar refractivity (Wildman–Crippen MR) is 42.1 cm³/mol. The molecule has 5 saturated carbocycles. The third-order valence-electron chi connectivity index (χ3n) is 4.18. The molecule has 0 aromatic rings. The minimum atomic E-state index is 0.513. The molecule has 0 aromatic heterocycles. The molecule has 5 aliphatic rings. The summed E-state index contributed by atoms with van der Waals surface area (Å²) in [6, 6.07) is 0. The van der Waals surface area contributed by atoms with Crippen LogP contribution < -0.4 is 0 Å². The Labute approximate surface area is 67.2 Å². The van der Waals surface area contributed by atoms with Gasteiger partial charge in [0, 0.05) is 12.3 Å². The van der Waals surface area contributed by atoms with Gasteiger partial charge in [-0.25, -0.2) is 0 Å². The molecule has 1 heteroatoms. The van der Waals surface area contributed by atoms with E-state index in [0.717, 1.165) is 24.2 Å². The van der Waals surface area contributed by atoms with Crippen LogP contribution in [0.3, 0.4) is 0 Å². The lowest BCUT2D eigenvalue weighted by molar-refractivity contribution is -0.140. The van der Waals surface area contributed by atoms with Crippen LogP contribution in [0.2, 0.25) is 0 Å². The zero-order valence-electron chi connectivity index (χ0n) is 6.75. The molecule has 5 fully saturated rings. The molecule has 60 valence electrons. The van der Waals surface area contributed by atoms with Crippen LogP contribution in [0.5, 0.6) is 0 Å². The van der Waals surface area contributed by atoms with Gasteiger partial charge in [-0.2, -0.15) is 0 Å². The van der Waals surface area contributed by atoms with E-state index in [-0.39, 0.29) is 0 Å². The summed E-state index contributed by atoms with van der Waals surface area (Å²) in [6.07, 6.45) is 6.37. The topological polar surface area (TPSA) is 17.1 Å². The van der Waals surface area contributed by atoms with Gasteiger partial charge in [0.05, 0.1) is 0 Å². The standard InChI is InChI=1S/C10H14O/c11-10-5-8-3-7-2-1-6(8)4-9(7)10/h6-9H,1-5H2/t6-,7-,8?,9-/m1/s1. The molecule has 0 spiro atoms. The third kappa shape index (κ3) is 0.692. The number of rotatable bonds is 0. The molecule has 0 amide bonds. The van der Waals surface area contributed by atoms with Crippen LogP contribution in [0.1, 0.15) is 32.1 Å². The number of fused-ring (bicyclic) bond motifs is 2. The summed E-state index contributed by atoms with van der Waals surface area (Å²) in [4.78, 5) is 11.4. The van der Waals surface area contributed by atoms with Crippen LogP contribution in [0.4, 0.5) is 0 Å². The minimum Gasteiger partial charge on any atom is -0.299 e. The largest absolute Gasteiger partial charge is 0.299 e. The Morgan fingerprint density at radius 1 is 1.00 bits per heavy atom. The average molecular weight is 150 g/mol.